The highest BCUT2D eigenvalue weighted by Crippen LogP contribution is 2.22. The molecule has 88 valence electrons. The van der Waals surface area contributed by atoms with Crippen molar-refractivity contribution >= 4 is 17.6 Å². The van der Waals surface area contributed by atoms with E-state index in [0.29, 0.717) is 0 Å². The van der Waals surface area contributed by atoms with Crippen LogP contribution in [0, 0.1) is 6.92 Å². The summed E-state index contributed by atoms with van der Waals surface area (Å²) in [7, 11) is 1.89. The van der Waals surface area contributed by atoms with Crippen molar-refractivity contribution < 1.29 is 0 Å². The standard InChI is InChI=1S/C14H16N2S/c1-11-5-3-6-12(9-11)10-17-14-8-4-7-13(15-2)16-14/h3-9H,10H2,1-2H3,(H,15,16). The average Bonchev–Trinajstić information content (AvgIpc) is 2.37. The zero-order valence-electron chi connectivity index (χ0n) is 10.1. The first-order chi connectivity index (χ1) is 8.28. The quantitative estimate of drug-likeness (QED) is 0.830. The first-order valence-corrected chi connectivity index (χ1v) is 6.59. The van der Waals surface area contributed by atoms with Crippen molar-refractivity contribution in [1.82, 2.24) is 4.98 Å². The molecule has 0 radical (unpaired) electrons. The molecule has 0 aliphatic heterocycles. The molecule has 3 heteroatoms. The van der Waals surface area contributed by atoms with Crippen LogP contribution in [-0.2, 0) is 5.75 Å². The maximum atomic E-state index is 4.48. The number of thioether (sulfide) groups is 1. The van der Waals surface area contributed by atoms with Crippen LogP contribution >= 0.6 is 11.8 Å². The van der Waals surface area contributed by atoms with Gasteiger partial charge in [-0.2, -0.15) is 0 Å². The molecule has 0 fully saturated rings. The summed E-state index contributed by atoms with van der Waals surface area (Å²) >= 11 is 1.76. The lowest BCUT2D eigenvalue weighted by atomic mass is 10.2. The predicted octanol–water partition coefficient (Wildman–Crippen LogP) is 3.72. The molecule has 0 atom stereocenters. The average molecular weight is 244 g/mol. The van der Waals surface area contributed by atoms with Crippen molar-refractivity contribution in [2.75, 3.05) is 12.4 Å². The topological polar surface area (TPSA) is 24.9 Å². The van der Waals surface area contributed by atoms with Crippen LogP contribution in [0.3, 0.4) is 0 Å². The molecular formula is C14H16N2S. The van der Waals surface area contributed by atoms with E-state index in [1.54, 1.807) is 11.8 Å². The van der Waals surface area contributed by atoms with Gasteiger partial charge in [-0.15, -0.1) is 11.8 Å². The Labute approximate surface area is 106 Å². The second-order valence-electron chi connectivity index (χ2n) is 3.89. The third-order valence-electron chi connectivity index (χ3n) is 2.45. The lowest BCUT2D eigenvalue weighted by Gasteiger charge is -2.04. The summed E-state index contributed by atoms with van der Waals surface area (Å²) in [6.45, 7) is 2.12. The van der Waals surface area contributed by atoms with Crippen LogP contribution in [0.1, 0.15) is 11.1 Å². The van der Waals surface area contributed by atoms with E-state index in [2.05, 4.69) is 41.5 Å². The number of rotatable bonds is 4. The van der Waals surface area contributed by atoms with Crippen LogP contribution in [0.4, 0.5) is 5.82 Å². The van der Waals surface area contributed by atoms with Crippen LogP contribution in [0.5, 0.6) is 0 Å². The third-order valence-corrected chi connectivity index (χ3v) is 3.45. The monoisotopic (exact) mass is 244 g/mol. The molecule has 2 rings (SSSR count). The molecule has 1 aromatic heterocycles. The molecule has 0 unspecified atom stereocenters. The summed E-state index contributed by atoms with van der Waals surface area (Å²) in [5, 5.41) is 4.10. The highest BCUT2D eigenvalue weighted by Gasteiger charge is 1.99. The second kappa shape index (κ2) is 5.73. The van der Waals surface area contributed by atoms with E-state index in [9.17, 15) is 0 Å². The van der Waals surface area contributed by atoms with Crippen molar-refractivity contribution in [3.8, 4) is 0 Å². The molecule has 1 N–H and O–H groups in total. The molecule has 0 aliphatic rings. The molecule has 0 amide bonds. The van der Waals surface area contributed by atoms with Crippen molar-refractivity contribution in [1.29, 1.82) is 0 Å². The van der Waals surface area contributed by atoms with Gasteiger partial charge in [-0.1, -0.05) is 35.9 Å². The highest BCUT2D eigenvalue weighted by molar-refractivity contribution is 7.98. The van der Waals surface area contributed by atoms with E-state index in [-0.39, 0.29) is 0 Å². The molecule has 0 spiro atoms. The van der Waals surface area contributed by atoms with E-state index < -0.39 is 0 Å². The Morgan fingerprint density at radius 1 is 1.18 bits per heavy atom. The van der Waals surface area contributed by atoms with Gasteiger partial charge in [0.25, 0.3) is 0 Å². The number of anilines is 1. The normalized spacial score (nSPS) is 10.2. The molecule has 17 heavy (non-hydrogen) atoms. The van der Waals surface area contributed by atoms with Gasteiger partial charge in [-0.3, -0.25) is 0 Å². The molecule has 0 bridgehead atoms. The Bertz CT molecular complexity index is 497. The second-order valence-corrected chi connectivity index (χ2v) is 4.88. The van der Waals surface area contributed by atoms with Gasteiger partial charge in [0.1, 0.15) is 5.82 Å². The van der Waals surface area contributed by atoms with E-state index in [0.717, 1.165) is 16.6 Å². The van der Waals surface area contributed by atoms with Crippen molar-refractivity contribution in [3.05, 3.63) is 53.6 Å². The van der Waals surface area contributed by atoms with Crippen LogP contribution in [0.2, 0.25) is 0 Å². The minimum absolute atomic E-state index is 0.916. The Balaban J connectivity index is 2.02. The van der Waals surface area contributed by atoms with Crippen molar-refractivity contribution in [2.45, 2.75) is 17.7 Å². The summed E-state index contributed by atoms with van der Waals surface area (Å²) in [5.74, 6) is 1.88. The lowest BCUT2D eigenvalue weighted by Crippen LogP contribution is -1.92. The Kier molecular flexibility index (Phi) is 4.04. The fourth-order valence-electron chi connectivity index (χ4n) is 1.59. The summed E-state index contributed by atoms with van der Waals surface area (Å²) in [4.78, 5) is 4.48. The zero-order valence-corrected chi connectivity index (χ0v) is 10.9. The number of benzene rings is 1. The highest BCUT2D eigenvalue weighted by atomic mass is 32.2. The maximum absolute atomic E-state index is 4.48. The van der Waals surface area contributed by atoms with Crippen LogP contribution < -0.4 is 5.32 Å². The number of aryl methyl sites for hydroxylation is 1. The van der Waals surface area contributed by atoms with Gasteiger partial charge in [0.2, 0.25) is 0 Å². The van der Waals surface area contributed by atoms with Crippen LogP contribution in [0.15, 0.2) is 47.5 Å². The van der Waals surface area contributed by atoms with Gasteiger partial charge in [0.05, 0.1) is 5.03 Å². The van der Waals surface area contributed by atoms with Crippen LogP contribution in [-0.4, -0.2) is 12.0 Å². The Morgan fingerprint density at radius 3 is 2.76 bits per heavy atom. The van der Waals surface area contributed by atoms with Gasteiger partial charge >= 0.3 is 0 Å². The SMILES string of the molecule is CNc1cccc(SCc2cccc(C)c2)n1. The Morgan fingerprint density at radius 2 is 2.00 bits per heavy atom. The molecular weight excluding hydrogens is 228 g/mol. The molecule has 0 saturated carbocycles. The van der Waals surface area contributed by atoms with E-state index in [1.807, 2.05) is 25.2 Å². The maximum Gasteiger partial charge on any atom is 0.126 e. The van der Waals surface area contributed by atoms with E-state index >= 15 is 0 Å². The summed E-state index contributed by atoms with van der Waals surface area (Å²) in [6, 6.07) is 14.6. The Hall–Kier alpha value is -1.48. The summed E-state index contributed by atoms with van der Waals surface area (Å²) in [6.07, 6.45) is 0. The number of hydrogen-bond acceptors (Lipinski definition) is 3. The van der Waals surface area contributed by atoms with Crippen molar-refractivity contribution in [3.63, 3.8) is 0 Å². The van der Waals surface area contributed by atoms with Gasteiger partial charge in [-0.25, -0.2) is 4.98 Å². The van der Waals surface area contributed by atoms with Gasteiger partial charge in [0, 0.05) is 12.8 Å². The largest absolute Gasteiger partial charge is 0.373 e. The number of nitrogens with zero attached hydrogens (tertiary/aromatic N) is 1. The lowest BCUT2D eigenvalue weighted by molar-refractivity contribution is 1.12. The molecule has 1 aromatic carbocycles. The van der Waals surface area contributed by atoms with E-state index in [4.69, 9.17) is 0 Å². The first kappa shape index (κ1) is 12.0. The van der Waals surface area contributed by atoms with Gasteiger partial charge in [-0.05, 0) is 24.6 Å². The minimum Gasteiger partial charge on any atom is -0.373 e. The molecule has 2 nitrogen and oxygen atoms in total. The predicted molar refractivity (Wildman–Crippen MR) is 74.5 cm³/mol. The zero-order chi connectivity index (χ0) is 12.1. The van der Waals surface area contributed by atoms with Gasteiger partial charge < -0.3 is 5.32 Å². The smallest absolute Gasteiger partial charge is 0.126 e. The summed E-state index contributed by atoms with van der Waals surface area (Å²) in [5.41, 5.74) is 2.65. The summed E-state index contributed by atoms with van der Waals surface area (Å²) < 4.78 is 0. The molecule has 0 aliphatic carbocycles. The van der Waals surface area contributed by atoms with E-state index in [1.165, 1.54) is 11.1 Å². The number of aromatic nitrogens is 1. The fourth-order valence-corrected chi connectivity index (χ4v) is 2.43. The minimum atomic E-state index is 0.916. The fraction of sp³-hybridized carbons (Fsp3) is 0.214. The first-order valence-electron chi connectivity index (χ1n) is 5.61. The number of nitrogens with one attached hydrogen (secondary N) is 1. The molecule has 0 saturated heterocycles. The van der Waals surface area contributed by atoms with Crippen molar-refractivity contribution in [2.24, 2.45) is 0 Å². The number of hydrogen-bond donors (Lipinski definition) is 1. The molecule has 1 heterocycles. The number of pyridine rings is 1. The third kappa shape index (κ3) is 3.49. The van der Waals surface area contributed by atoms with Gasteiger partial charge in [0.15, 0.2) is 0 Å². The molecule has 2 aromatic rings. The van der Waals surface area contributed by atoms with Crippen LogP contribution in [0.25, 0.3) is 0 Å².